The van der Waals surface area contributed by atoms with Crippen molar-refractivity contribution < 1.29 is 26.3 Å². The minimum absolute atomic E-state index is 0.0280. The SMILES string of the molecule is COc1ccc(CN(Cc2ccc(OC)cc2)S(=O)(=O)c2cccc(CS(=O)(=O)c3ccccc3)c2)cc1. The third-order valence-electron chi connectivity index (χ3n) is 6.03. The Morgan fingerprint density at radius 1 is 0.579 bits per heavy atom. The van der Waals surface area contributed by atoms with Crippen LogP contribution >= 0.6 is 0 Å². The van der Waals surface area contributed by atoms with Crippen molar-refractivity contribution in [1.29, 1.82) is 0 Å². The molecule has 4 rings (SSSR count). The van der Waals surface area contributed by atoms with Crippen molar-refractivity contribution in [2.24, 2.45) is 0 Å². The predicted molar refractivity (Wildman–Crippen MR) is 146 cm³/mol. The second kappa shape index (κ2) is 11.8. The van der Waals surface area contributed by atoms with Crippen LogP contribution < -0.4 is 9.47 Å². The highest BCUT2D eigenvalue weighted by atomic mass is 32.2. The number of hydrogen-bond donors (Lipinski definition) is 0. The number of ether oxygens (including phenoxy) is 2. The predicted octanol–water partition coefficient (Wildman–Crippen LogP) is 5.07. The van der Waals surface area contributed by atoms with Crippen molar-refractivity contribution in [3.8, 4) is 11.5 Å². The summed E-state index contributed by atoms with van der Waals surface area (Å²) in [5, 5.41) is 0. The van der Waals surface area contributed by atoms with E-state index in [4.69, 9.17) is 9.47 Å². The van der Waals surface area contributed by atoms with Crippen LogP contribution in [0.2, 0.25) is 0 Å². The lowest BCUT2D eigenvalue weighted by Gasteiger charge is -2.23. The number of nitrogens with zero attached hydrogens (tertiary/aromatic N) is 1. The largest absolute Gasteiger partial charge is 0.497 e. The lowest BCUT2D eigenvalue weighted by atomic mass is 10.2. The van der Waals surface area contributed by atoms with Gasteiger partial charge in [-0.05, 0) is 65.2 Å². The fraction of sp³-hybridized carbons (Fsp3) is 0.172. The van der Waals surface area contributed by atoms with Gasteiger partial charge in [0, 0.05) is 13.1 Å². The molecular weight excluding hydrogens is 522 g/mol. The maximum Gasteiger partial charge on any atom is 0.243 e. The Morgan fingerprint density at radius 2 is 1.08 bits per heavy atom. The van der Waals surface area contributed by atoms with Gasteiger partial charge in [-0.15, -0.1) is 0 Å². The van der Waals surface area contributed by atoms with E-state index in [1.54, 1.807) is 68.8 Å². The molecule has 0 aromatic heterocycles. The van der Waals surface area contributed by atoms with E-state index in [9.17, 15) is 16.8 Å². The van der Waals surface area contributed by atoms with E-state index in [0.717, 1.165) is 11.1 Å². The van der Waals surface area contributed by atoms with E-state index >= 15 is 0 Å². The molecule has 0 bridgehead atoms. The molecule has 0 fully saturated rings. The third kappa shape index (κ3) is 6.61. The molecule has 9 heteroatoms. The van der Waals surface area contributed by atoms with Gasteiger partial charge in [0.2, 0.25) is 10.0 Å². The molecule has 4 aromatic rings. The number of methoxy groups -OCH3 is 2. The first-order chi connectivity index (χ1) is 18.2. The minimum atomic E-state index is -4.00. The monoisotopic (exact) mass is 551 g/mol. The zero-order valence-corrected chi connectivity index (χ0v) is 22.8. The highest BCUT2D eigenvalue weighted by molar-refractivity contribution is 7.90. The average molecular weight is 552 g/mol. The molecule has 0 aliphatic carbocycles. The maximum absolute atomic E-state index is 13.9. The summed E-state index contributed by atoms with van der Waals surface area (Å²) >= 11 is 0. The normalized spacial score (nSPS) is 11.9. The number of sulfone groups is 1. The van der Waals surface area contributed by atoms with Crippen molar-refractivity contribution in [2.45, 2.75) is 28.6 Å². The van der Waals surface area contributed by atoms with Gasteiger partial charge < -0.3 is 9.47 Å². The fourth-order valence-electron chi connectivity index (χ4n) is 3.97. The molecule has 0 spiro atoms. The molecule has 0 saturated heterocycles. The molecule has 0 atom stereocenters. The first-order valence-corrected chi connectivity index (χ1v) is 14.9. The van der Waals surface area contributed by atoms with Gasteiger partial charge in [0.05, 0.1) is 29.8 Å². The standard InChI is InChI=1S/C29H29NO6S2/c1-35-26-15-11-23(12-16-26)20-30(21-24-13-17-27(36-2)18-14-24)38(33,34)29-10-6-7-25(19-29)22-37(31,32)28-8-4-3-5-9-28/h3-19H,20-22H2,1-2H3. The van der Waals surface area contributed by atoms with Gasteiger partial charge in [-0.25, -0.2) is 16.8 Å². The highest BCUT2D eigenvalue weighted by Crippen LogP contribution is 2.25. The number of rotatable bonds is 11. The van der Waals surface area contributed by atoms with Gasteiger partial charge in [0.1, 0.15) is 11.5 Å². The van der Waals surface area contributed by atoms with Crippen LogP contribution in [-0.2, 0) is 38.7 Å². The summed E-state index contributed by atoms with van der Waals surface area (Å²) < 4.78 is 65.4. The van der Waals surface area contributed by atoms with Gasteiger partial charge in [0.15, 0.2) is 9.84 Å². The zero-order chi connectivity index (χ0) is 27.2. The summed E-state index contributed by atoms with van der Waals surface area (Å²) in [5.41, 5.74) is 1.96. The van der Waals surface area contributed by atoms with Crippen LogP contribution in [0.4, 0.5) is 0 Å². The molecule has 0 aliphatic rings. The van der Waals surface area contributed by atoms with Crippen LogP contribution in [0.3, 0.4) is 0 Å². The van der Waals surface area contributed by atoms with E-state index in [0.29, 0.717) is 17.1 Å². The highest BCUT2D eigenvalue weighted by Gasteiger charge is 2.26. The van der Waals surface area contributed by atoms with E-state index in [1.807, 2.05) is 24.3 Å². The molecule has 7 nitrogen and oxygen atoms in total. The molecule has 0 N–H and O–H groups in total. The maximum atomic E-state index is 13.9. The Hall–Kier alpha value is -3.66. The molecule has 0 aliphatic heterocycles. The molecular formula is C29H29NO6S2. The summed E-state index contributed by atoms with van der Waals surface area (Å²) in [5.74, 6) is 1.04. The Labute approximate surface area is 224 Å². The second-order valence-corrected chi connectivity index (χ2v) is 12.6. The summed E-state index contributed by atoms with van der Waals surface area (Å²) in [4.78, 5) is 0.217. The minimum Gasteiger partial charge on any atom is -0.497 e. The number of sulfonamides is 1. The van der Waals surface area contributed by atoms with Crippen molar-refractivity contribution in [3.63, 3.8) is 0 Å². The quantitative estimate of drug-likeness (QED) is 0.259. The van der Waals surface area contributed by atoms with E-state index in [1.165, 1.54) is 28.6 Å². The van der Waals surface area contributed by atoms with Gasteiger partial charge in [-0.1, -0.05) is 54.6 Å². The number of hydrogen-bond acceptors (Lipinski definition) is 6. The van der Waals surface area contributed by atoms with Gasteiger partial charge in [-0.2, -0.15) is 4.31 Å². The second-order valence-electron chi connectivity index (χ2n) is 8.69. The molecule has 198 valence electrons. The molecule has 38 heavy (non-hydrogen) atoms. The molecule has 0 unspecified atom stereocenters. The van der Waals surface area contributed by atoms with Crippen molar-refractivity contribution in [3.05, 3.63) is 120 Å². The summed E-state index contributed by atoms with van der Waals surface area (Å²) in [6, 6.07) is 28.6. The van der Waals surface area contributed by atoms with Crippen LogP contribution in [0.5, 0.6) is 11.5 Å². The molecule has 0 amide bonds. The first kappa shape index (κ1) is 27.4. The lowest BCUT2D eigenvalue weighted by Crippen LogP contribution is -2.30. The van der Waals surface area contributed by atoms with Gasteiger partial charge in [0.25, 0.3) is 0 Å². The molecule has 0 heterocycles. The average Bonchev–Trinajstić information content (AvgIpc) is 2.94. The summed E-state index contributed by atoms with van der Waals surface area (Å²) in [6.07, 6.45) is 0. The Kier molecular flexibility index (Phi) is 8.51. The molecule has 4 aromatic carbocycles. The molecule has 0 saturated carbocycles. The Bertz CT molecular complexity index is 1520. The van der Waals surface area contributed by atoms with Crippen molar-refractivity contribution >= 4 is 19.9 Å². The van der Waals surface area contributed by atoms with Gasteiger partial charge in [-0.3, -0.25) is 0 Å². The Morgan fingerprint density at radius 3 is 1.58 bits per heavy atom. The van der Waals surface area contributed by atoms with Gasteiger partial charge >= 0.3 is 0 Å². The van der Waals surface area contributed by atoms with Crippen LogP contribution in [0.25, 0.3) is 0 Å². The topological polar surface area (TPSA) is 90.0 Å². The summed E-state index contributed by atoms with van der Waals surface area (Å²) in [6.45, 7) is 0.232. The lowest BCUT2D eigenvalue weighted by molar-refractivity contribution is 0.397. The van der Waals surface area contributed by atoms with E-state index < -0.39 is 19.9 Å². The van der Waals surface area contributed by atoms with Crippen LogP contribution in [0, 0.1) is 0 Å². The van der Waals surface area contributed by atoms with E-state index in [-0.39, 0.29) is 28.6 Å². The molecule has 0 radical (unpaired) electrons. The zero-order valence-electron chi connectivity index (χ0n) is 21.1. The summed E-state index contributed by atoms with van der Waals surface area (Å²) in [7, 11) is -4.49. The number of benzene rings is 4. The van der Waals surface area contributed by atoms with E-state index in [2.05, 4.69) is 0 Å². The van der Waals surface area contributed by atoms with Crippen LogP contribution in [0.15, 0.2) is 113 Å². The Balaban J connectivity index is 1.66. The smallest absolute Gasteiger partial charge is 0.243 e. The fourth-order valence-corrected chi connectivity index (χ4v) is 6.81. The van der Waals surface area contributed by atoms with Crippen LogP contribution in [0.1, 0.15) is 16.7 Å². The van der Waals surface area contributed by atoms with Crippen molar-refractivity contribution in [2.75, 3.05) is 14.2 Å². The third-order valence-corrected chi connectivity index (χ3v) is 9.52. The van der Waals surface area contributed by atoms with Crippen molar-refractivity contribution in [1.82, 2.24) is 4.31 Å². The first-order valence-electron chi connectivity index (χ1n) is 11.8. The van der Waals surface area contributed by atoms with Crippen LogP contribution in [-0.4, -0.2) is 35.4 Å².